The van der Waals surface area contributed by atoms with Crippen molar-refractivity contribution in [1.82, 2.24) is 0 Å². The molecule has 0 aromatic heterocycles. The maximum absolute atomic E-state index is 10.8. The van der Waals surface area contributed by atoms with E-state index in [1.165, 1.54) is 18.4 Å². The summed E-state index contributed by atoms with van der Waals surface area (Å²) >= 11 is 0. The Labute approximate surface area is 124 Å². The van der Waals surface area contributed by atoms with Crippen LogP contribution in [0.1, 0.15) is 25.3 Å². The van der Waals surface area contributed by atoms with E-state index in [4.69, 9.17) is 9.79 Å². The van der Waals surface area contributed by atoms with Crippen LogP contribution in [0.5, 0.6) is 5.75 Å². The molecule has 4 nitrogen and oxygen atoms in total. The number of phosphoric acid groups is 1. The fourth-order valence-corrected chi connectivity index (χ4v) is 2.49. The van der Waals surface area contributed by atoms with Crippen LogP contribution in [0.25, 0.3) is 11.1 Å². The maximum Gasteiger partial charge on any atom is 0.524 e. The second-order valence-corrected chi connectivity index (χ2v) is 6.07. The molecule has 0 aliphatic carbocycles. The molecule has 0 bridgehead atoms. The summed E-state index contributed by atoms with van der Waals surface area (Å²) < 4.78 is 15.3. The molecule has 0 saturated carbocycles. The van der Waals surface area contributed by atoms with Gasteiger partial charge in [-0.3, -0.25) is 9.79 Å². The van der Waals surface area contributed by atoms with Crippen molar-refractivity contribution in [3.8, 4) is 16.9 Å². The highest BCUT2D eigenvalue weighted by atomic mass is 31.2. The van der Waals surface area contributed by atoms with Crippen molar-refractivity contribution in [1.29, 1.82) is 0 Å². The smallest absolute Gasteiger partial charge is 0.404 e. The van der Waals surface area contributed by atoms with Crippen LogP contribution >= 0.6 is 7.82 Å². The molecule has 2 aromatic carbocycles. The highest BCUT2D eigenvalue weighted by Gasteiger charge is 2.15. The molecule has 0 unspecified atom stereocenters. The Bertz CT molecular complexity index is 614. The van der Waals surface area contributed by atoms with Crippen LogP contribution in [-0.4, -0.2) is 9.79 Å². The minimum Gasteiger partial charge on any atom is -0.404 e. The maximum atomic E-state index is 10.8. The second-order valence-electron chi connectivity index (χ2n) is 4.91. The van der Waals surface area contributed by atoms with Gasteiger partial charge in [0.2, 0.25) is 0 Å². The Kier molecular flexibility index (Phi) is 5.18. The van der Waals surface area contributed by atoms with Gasteiger partial charge in [-0.1, -0.05) is 49.7 Å². The molecule has 21 heavy (non-hydrogen) atoms. The number of unbranched alkanes of at least 4 members (excludes halogenated alkanes) is 1. The lowest BCUT2D eigenvalue weighted by molar-refractivity contribution is 0.283. The van der Waals surface area contributed by atoms with Crippen molar-refractivity contribution < 1.29 is 18.9 Å². The lowest BCUT2D eigenvalue weighted by Crippen LogP contribution is -1.90. The number of benzene rings is 2. The Hall–Kier alpha value is -1.61. The van der Waals surface area contributed by atoms with Crippen LogP contribution in [0.4, 0.5) is 0 Å². The van der Waals surface area contributed by atoms with Gasteiger partial charge in [0.25, 0.3) is 0 Å². The molecule has 2 aromatic rings. The number of phosphoric ester groups is 1. The van der Waals surface area contributed by atoms with Crippen LogP contribution in [0, 0.1) is 0 Å². The quantitative estimate of drug-likeness (QED) is 0.786. The van der Waals surface area contributed by atoms with Crippen molar-refractivity contribution in [2.75, 3.05) is 0 Å². The molecule has 2 rings (SSSR count). The summed E-state index contributed by atoms with van der Waals surface area (Å²) in [6, 6.07) is 15.0. The average molecular weight is 306 g/mol. The van der Waals surface area contributed by atoms with E-state index in [2.05, 4.69) is 35.7 Å². The van der Waals surface area contributed by atoms with E-state index in [1.807, 2.05) is 0 Å². The zero-order chi connectivity index (χ0) is 15.3. The summed E-state index contributed by atoms with van der Waals surface area (Å²) in [4.78, 5) is 17.5. The van der Waals surface area contributed by atoms with Gasteiger partial charge >= 0.3 is 7.82 Å². The molecule has 0 amide bonds. The van der Waals surface area contributed by atoms with Crippen LogP contribution < -0.4 is 4.52 Å². The van der Waals surface area contributed by atoms with Gasteiger partial charge in [-0.15, -0.1) is 0 Å². The van der Waals surface area contributed by atoms with Crippen molar-refractivity contribution >= 4 is 7.82 Å². The predicted octanol–water partition coefficient (Wildman–Crippen LogP) is 4.17. The van der Waals surface area contributed by atoms with E-state index >= 15 is 0 Å². The summed E-state index contributed by atoms with van der Waals surface area (Å²) in [6.07, 6.45) is 3.46. The van der Waals surface area contributed by atoms with Crippen molar-refractivity contribution in [2.24, 2.45) is 0 Å². The predicted molar refractivity (Wildman–Crippen MR) is 83.2 cm³/mol. The normalized spacial score (nSPS) is 11.4. The first-order valence-electron chi connectivity index (χ1n) is 6.92. The number of hydrogen-bond donors (Lipinski definition) is 2. The molecule has 0 atom stereocenters. The highest BCUT2D eigenvalue weighted by Crippen LogP contribution is 2.37. The van der Waals surface area contributed by atoms with Gasteiger partial charge in [-0.2, -0.15) is 0 Å². The van der Waals surface area contributed by atoms with E-state index < -0.39 is 7.82 Å². The van der Waals surface area contributed by atoms with Gasteiger partial charge in [0.15, 0.2) is 0 Å². The molecule has 0 aliphatic heterocycles. The third-order valence-corrected chi connectivity index (χ3v) is 3.63. The fourth-order valence-electron chi connectivity index (χ4n) is 2.09. The van der Waals surface area contributed by atoms with E-state index in [1.54, 1.807) is 24.3 Å². The van der Waals surface area contributed by atoms with Gasteiger partial charge in [-0.05, 0) is 41.7 Å². The molecular weight excluding hydrogens is 287 g/mol. The van der Waals surface area contributed by atoms with Gasteiger partial charge in [0, 0.05) is 0 Å². The highest BCUT2D eigenvalue weighted by molar-refractivity contribution is 7.46. The molecule has 0 aliphatic rings. The lowest BCUT2D eigenvalue weighted by atomic mass is 10.0. The van der Waals surface area contributed by atoms with Crippen LogP contribution in [0.2, 0.25) is 0 Å². The Morgan fingerprint density at radius 2 is 1.48 bits per heavy atom. The molecule has 5 heteroatoms. The van der Waals surface area contributed by atoms with Gasteiger partial charge in [-0.25, -0.2) is 4.57 Å². The lowest BCUT2D eigenvalue weighted by Gasteiger charge is -2.08. The number of aryl methyl sites for hydroxylation is 1. The molecular formula is C16H19O4P. The summed E-state index contributed by atoms with van der Waals surface area (Å²) in [6.45, 7) is 2.18. The molecule has 0 radical (unpaired) electrons. The second kappa shape index (κ2) is 6.90. The van der Waals surface area contributed by atoms with E-state index in [9.17, 15) is 4.57 Å². The van der Waals surface area contributed by atoms with Crippen molar-refractivity contribution in [3.05, 3.63) is 54.1 Å². The third-order valence-electron chi connectivity index (χ3n) is 3.18. The zero-order valence-electron chi connectivity index (χ0n) is 11.9. The van der Waals surface area contributed by atoms with Crippen molar-refractivity contribution in [3.63, 3.8) is 0 Å². The van der Waals surface area contributed by atoms with Crippen LogP contribution in [-0.2, 0) is 11.0 Å². The Balaban J connectivity index is 2.09. The first-order chi connectivity index (χ1) is 9.98. The minimum atomic E-state index is -4.49. The van der Waals surface area contributed by atoms with E-state index in [0.717, 1.165) is 17.5 Å². The largest absolute Gasteiger partial charge is 0.524 e. The standard InChI is InChI=1S/C16H19O4P/c1-2-3-4-13-5-7-14(8-6-13)15-9-11-16(12-10-15)20-21(17,18)19/h5-12H,2-4H2,1H3,(H2,17,18,19). The van der Waals surface area contributed by atoms with E-state index in [-0.39, 0.29) is 5.75 Å². The summed E-state index contributed by atoms with van der Waals surface area (Å²) in [5, 5.41) is 0. The van der Waals surface area contributed by atoms with E-state index in [0.29, 0.717) is 0 Å². The van der Waals surface area contributed by atoms with Gasteiger partial charge in [0.05, 0.1) is 0 Å². The van der Waals surface area contributed by atoms with Crippen LogP contribution in [0.3, 0.4) is 0 Å². The average Bonchev–Trinajstić information content (AvgIpc) is 2.45. The molecule has 112 valence electrons. The van der Waals surface area contributed by atoms with Gasteiger partial charge in [0.1, 0.15) is 5.75 Å². The Morgan fingerprint density at radius 3 is 1.95 bits per heavy atom. The third kappa shape index (κ3) is 5.01. The minimum absolute atomic E-state index is 0.159. The molecule has 0 fully saturated rings. The zero-order valence-corrected chi connectivity index (χ0v) is 12.8. The summed E-state index contributed by atoms with van der Waals surface area (Å²) in [7, 11) is -4.49. The molecule has 0 spiro atoms. The molecule has 0 saturated heterocycles. The topological polar surface area (TPSA) is 66.8 Å². The van der Waals surface area contributed by atoms with Gasteiger partial charge < -0.3 is 4.52 Å². The first-order valence-corrected chi connectivity index (χ1v) is 8.45. The monoisotopic (exact) mass is 306 g/mol. The SMILES string of the molecule is CCCCc1ccc(-c2ccc(OP(=O)(O)O)cc2)cc1. The first kappa shape index (κ1) is 15.8. The number of rotatable bonds is 6. The van der Waals surface area contributed by atoms with Crippen LogP contribution in [0.15, 0.2) is 48.5 Å². The fraction of sp³-hybridized carbons (Fsp3) is 0.250. The summed E-state index contributed by atoms with van der Waals surface area (Å²) in [5.74, 6) is 0.159. The number of hydrogen-bond acceptors (Lipinski definition) is 2. The van der Waals surface area contributed by atoms with Crippen molar-refractivity contribution in [2.45, 2.75) is 26.2 Å². The summed E-state index contributed by atoms with van der Waals surface area (Å²) in [5.41, 5.74) is 3.37. The molecule has 2 N–H and O–H groups in total. The molecule has 0 heterocycles. The Morgan fingerprint density at radius 1 is 0.952 bits per heavy atom.